The molecule has 5 rings (SSSR count). The first kappa shape index (κ1) is 43.2. The summed E-state index contributed by atoms with van der Waals surface area (Å²) in [5, 5.41) is 0.231. The monoisotopic (exact) mass is 792 g/mol. The Labute approximate surface area is 337 Å². The molecule has 2 heterocycles. The van der Waals surface area contributed by atoms with E-state index in [1.54, 1.807) is 7.11 Å². The highest BCUT2D eigenvalue weighted by Crippen LogP contribution is 2.59. The molecule has 0 aromatic heterocycles. The van der Waals surface area contributed by atoms with Crippen molar-refractivity contribution >= 4 is 31.8 Å². The molecule has 0 unspecified atom stereocenters. The number of hydrogen-bond acceptors (Lipinski definition) is 7. The largest absolute Gasteiger partial charge is 0.497 e. The van der Waals surface area contributed by atoms with Crippen LogP contribution in [-0.4, -0.2) is 49.8 Å². The van der Waals surface area contributed by atoms with Crippen LogP contribution in [0.3, 0.4) is 0 Å². The number of aryl methyl sites for hydroxylation is 1. The molecule has 8 heteroatoms. The van der Waals surface area contributed by atoms with Crippen LogP contribution < -0.4 is 9.47 Å². The zero-order chi connectivity index (χ0) is 38.8. The molecule has 2 aliphatic rings. The summed E-state index contributed by atoms with van der Waals surface area (Å²) in [4.78, 5) is 0. The van der Waals surface area contributed by atoms with Gasteiger partial charge in [0.05, 0.1) is 23.4 Å². The van der Waals surface area contributed by atoms with Gasteiger partial charge in [-0.15, -0.1) is 23.5 Å². The third-order valence-electron chi connectivity index (χ3n) is 12.2. The van der Waals surface area contributed by atoms with Crippen LogP contribution in [0, 0.1) is 11.3 Å². The summed E-state index contributed by atoms with van der Waals surface area (Å²) in [6.07, 6.45) is 8.57. The molecule has 3 aromatic carbocycles. The summed E-state index contributed by atoms with van der Waals surface area (Å²) < 4.78 is 32.2. The van der Waals surface area contributed by atoms with Crippen LogP contribution in [0.25, 0.3) is 0 Å². The first-order valence-electron chi connectivity index (χ1n) is 20.3. The van der Waals surface area contributed by atoms with E-state index in [1.165, 1.54) is 29.1 Å². The minimum absolute atomic E-state index is 0.0705. The van der Waals surface area contributed by atoms with Gasteiger partial charge in [-0.2, -0.15) is 0 Å². The highest BCUT2D eigenvalue weighted by atomic mass is 32.2. The number of hydrogen-bond donors (Lipinski definition) is 0. The Balaban J connectivity index is 1.25. The lowest BCUT2D eigenvalue weighted by Crippen LogP contribution is -2.49. The Hall–Kier alpha value is -1.94. The number of benzene rings is 3. The molecule has 2 aliphatic heterocycles. The molecule has 0 bridgehead atoms. The molecule has 0 aliphatic carbocycles. The average Bonchev–Trinajstić information content (AvgIpc) is 3.16. The van der Waals surface area contributed by atoms with Crippen LogP contribution in [0.4, 0.5) is 0 Å². The normalized spacial score (nSPS) is 22.2. The quantitative estimate of drug-likeness (QED) is 0.0939. The summed E-state index contributed by atoms with van der Waals surface area (Å²) in [5.74, 6) is 4.48. The van der Waals surface area contributed by atoms with Gasteiger partial charge in [0.2, 0.25) is 0 Å². The number of thioether (sulfide) groups is 2. The summed E-state index contributed by atoms with van der Waals surface area (Å²) in [6, 6.07) is 27.2. The zero-order valence-electron chi connectivity index (χ0n) is 34.7. The molecular weight excluding hydrogens is 725 g/mol. The molecule has 0 N–H and O–H groups in total. The van der Waals surface area contributed by atoms with E-state index in [9.17, 15) is 0 Å². The van der Waals surface area contributed by atoms with E-state index in [1.807, 2.05) is 18.2 Å². The van der Waals surface area contributed by atoms with Crippen LogP contribution in [0.15, 0.2) is 78.9 Å². The van der Waals surface area contributed by atoms with Gasteiger partial charge in [0.25, 0.3) is 0 Å². The average molecular weight is 793 g/mol. The van der Waals surface area contributed by atoms with Gasteiger partial charge in [0.15, 0.2) is 14.6 Å². The van der Waals surface area contributed by atoms with E-state index in [4.69, 9.17) is 23.4 Å². The minimum atomic E-state index is -1.77. The maximum Gasteiger partial charge on any atom is 0.191 e. The Morgan fingerprint density at radius 1 is 0.796 bits per heavy atom. The fourth-order valence-electron chi connectivity index (χ4n) is 7.40. The Morgan fingerprint density at radius 2 is 1.48 bits per heavy atom. The molecular formula is C46H68O5S2Si. The van der Waals surface area contributed by atoms with Gasteiger partial charge in [-0.3, -0.25) is 0 Å². The topological polar surface area (TPSA) is 46.2 Å². The van der Waals surface area contributed by atoms with Gasteiger partial charge in [0, 0.05) is 18.1 Å². The van der Waals surface area contributed by atoms with Gasteiger partial charge >= 0.3 is 0 Å². The molecule has 298 valence electrons. The zero-order valence-corrected chi connectivity index (χ0v) is 37.3. The van der Waals surface area contributed by atoms with E-state index in [0.29, 0.717) is 6.61 Å². The van der Waals surface area contributed by atoms with Crippen molar-refractivity contribution < 1.29 is 23.4 Å². The highest BCUT2D eigenvalue weighted by Gasteiger charge is 2.51. The maximum atomic E-state index is 7.04. The molecule has 3 aromatic rings. The van der Waals surface area contributed by atoms with Crippen LogP contribution in [0.5, 0.6) is 11.5 Å². The van der Waals surface area contributed by atoms with E-state index in [0.717, 1.165) is 68.6 Å². The molecule has 0 amide bonds. The van der Waals surface area contributed by atoms with Crippen molar-refractivity contribution in [3.05, 3.63) is 95.6 Å². The SMILES string of the molecule is COc1ccc([C@H]2O[C@@H](CC3(C(C)(C)CCCO[Si](C)(C)C(C)(C)C)SCCCS3)[C@H](C)[C@@H](CCCCc3cccc(OCc4ccccc4)c3)O2)cc1. The molecule has 5 nitrogen and oxygen atoms in total. The Morgan fingerprint density at radius 3 is 2.17 bits per heavy atom. The predicted molar refractivity (Wildman–Crippen MR) is 232 cm³/mol. The lowest BCUT2D eigenvalue weighted by molar-refractivity contribution is -0.274. The third kappa shape index (κ3) is 11.6. The van der Waals surface area contributed by atoms with Crippen LogP contribution >= 0.6 is 23.5 Å². The van der Waals surface area contributed by atoms with Crippen molar-refractivity contribution in [1.82, 2.24) is 0 Å². The van der Waals surface area contributed by atoms with Crippen molar-refractivity contribution in [3.8, 4) is 11.5 Å². The van der Waals surface area contributed by atoms with Crippen molar-refractivity contribution in [2.24, 2.45) is 11.3 Å². The predicted octanol–water partition coefficient (Wildman–Crippen LogP) is 12.9. The van der Waals surface area contributed by atoms with Crippen molar-refractivity contribution in [3.63, 3.8) is 0 Å². The second-order valence-corrected chi connectivity index (χ2v) is 25.4. The van der Waals surface area contributed by atoms with Crippen LogP contribution in [0.1, 0.15) is 109 Å². The molecule has 4 atom stereocenters. The maximum absolute atomic E-state index is 7.04. The summed E-state index contributed by atoms with van der Waals surface area (Å²) >= 11 is 4.38. The van der Waals surface area contributed by atoms with Crippen LogP contribution in [-0.2, 0) is 26.9 Å². The van der Waals surface area contributed by atoms with Gasteiger partial charge in [0.1, 0.15) is 18.1 Å². The Kier molecular flexibility index (Phi) is 15.6. The van der Waals surface area contributed by atoms with E-state index in [-0.39, 0.29) is 32.7 Å². The number of ether oxygens (including phenoxy) is 4. The fraction of sp³-hybridized carbons (Fsp3) is 0.609. The Bertz CT molecular complexity index is 1550. The van der Waals surface area contributed by atoms with Gasteiger partial charge in [-0.25, -0.2) is 0 Å². The van der Waals surface area contributed by atoms with Gasteiger partial charge < -0.3 is 23.4 Å². The number of methoxy groups -OCH3 is 1. The molecule has 2 saturated heterocycles. The molecule has 0 radical (unpaired) electrons. The third-order valence-corrected chi connectivity index (χ3v) is 20.8. The van der Waals surface area contributed by atoms with E-state index < -0.39 is 14.6 Å². The molecule has 54 heavy (non-hydrogen) atoms. The van der Waals surface area contributed by atoms with Crippen molar-refractivity contribution in [2.75, 3.05) is 25.2 Å². The lowest BCUT2D eigenvalue weighted by atomic mass is 9.78. The second-order valence-electron chi connectivity index (χ2n) is 17.6. The van der Waals surface area contributed by atoms with Gasteiger partial charge in [-0.05, 0) is 115 Å². The highest BCUT2D eigenvalue weighted by molar-refractivity contribution is 8.18. The first-order chi connectivity index (χ1) is 25.7. The standard InChI is InChI=1S/C46H68O5S2Si/c1-35-41(23-14-13-18-36-21-15-22-40(32-36)48-34-37-19-11-10-12-20-37)50-43(38-24-26-39(47-7)27-25-38)51-42(35)33-46(52-30-17-31-53-46)45(5,6)28-16-29-49-54(8,9)44(2,3)4/h10-12,15,19-22,24-27,32,35,41-43H,13-14,16-18,23,28-31,33-34H2,1-9H3/t35-,41-,42+,43-/m1/s1. The number of rotatable bonds is 18. The summed E-state index contributed by atoms with van der Waals surface area (Å²) in [5.41, 5.74) is 3.68. The minimum Gasteiger partial charge on any atom is -0.497 e. The second kappa shape index (κ2) is 19.5. The fourth-order valence-corrected chi connectivity index (χ4v) is 12.3. The van der Waals surface area contributed by atoms with Crippen LogP contribution in [0.2, 0.25) is 18.1 Å². The lowest BCUT2D eigenvalue weighted by Gasteiger charge is -2.52. The van der Waals surface area contributed by atoms with Crippen molar-refractivity contribution in [2.45, 2.75) is 140 Å². The first-order valence-corrected chi connectivity index (χ1v) is 25.2. The van der Waals surface area contributed by atoms with E-state index in [2.05, 4.69) is 139 Å². The molecule has 0 saturated carbocycles. The molecule has 0 spiro atoms. The van der Waals surface area contributed by atoms with Crippen molar-refractivity contribution in [1.29, 1.82) is 0 Å². The number of unbranched alkanes of at least 4 members (excludes halogenated alkanes) is 1. The smallest absolute Gasteiger partial charge is 0.191 e. The van der Waals surface area contributed by atoms with Gasteiger partial charge in [-0.1, -0.05) is 103 Å². The molecule has 2 fully saturated rings. The van der Waals surface area contributed by atoms with E-state index >= 15 is 0 Å². The summed E-state index contributed by atoms with van der Waals surface area (Å²) in [6.45, 7) is 20.6. The summed E-state index contributed by atoms with van der Waals surface area (Å²) in [7, 11) is -0.0538.